The zero-order valence-corrected chi connectivity index (χ0v) is 17.8. The third-order valence-corrected chi connectivity index (χ3v) is 6.37. The average Bonchev–Trinajstić information content (AvgIpc) is 3.46. The van der Waals surface area contributed by atoms with Crippen molar-refractivity contribution in [3.05, 3.63) is 53.1 Å². The average molecular weight is 422 g/mol. The lowest BCUT2D eigenvalue weighted by Gasteiger charge is -2.41. The summed E-state index contributed by atoms with van der Waals surface area (Å²) in [4.78, 5) is 17.2. The Bertz CT molecular complexity index is 1050. The second-order valence-corrected chi connectivity index (χ2v) is 8.41. The molecule has 0 N–H and O–H groups in total. The van der Waals surface area contributed by atoms with Crippen LogP contribution >= 0.6 is 0 Å². The van der Waals surface area contributed by atoms with Gasteiger partial charge < -0.3 is 13.8 Å². The summed E-state index contributed by atoms with van der Waals surface area (Å²) >= 11 is 0. The first-order valence-corrected chi connectivity index (χ1v) is 11.0. The van der Waals surface area contributed by atoms with Crippen molar-refractivity contribution in [1.82, 2.24) is 25.2 Å². The maximum atomic E-state index is 12.7. The van der Waals surface area contributed by atoms with Gasteiger partial charge in [0.05, 0.1) is 0 Å². The number of rotatable bonds is 5. The van der Waals surface area contributed by atoms with Crippen LogP contribution in [-0.4, -0.2) is 63.3 Å². The highest BCUT2D eigenvalue weighted by atomic mass is 16.5. The Kier molecular flexibility index (Phi) is 5.55. The van der Waals surface area contributed by atoms with Crippen LogP contribution in [-0.2, 0) is 24.1 Å². The molecule has 162 valence electrons. The van der Waals surface area contributed by atoms with E-state index in [4.69, 9.17) is 8.94 Å². The van der Waals surface area contributed by atoms with Crippen LogP contribution in [0.15, 0.2) is 39.3 Å². The molecule has 1 fully saturated rings. The fourth-order valence-corrected chi connectivity index (χ4v) is 4.62. The van der Waals surface area contributed by atoms with E-state index in [1.165, 1.54) is 17.5 Å². The maximum Gasteiger partial charge on any atom is 0.269 e. The quantitative estimate of drug-likeness (QED) is 0.626. The van der Waals surface area contributed by atoms with Crippen LogP contribution in [0.1, 0.15) is 35.6 Å². The molecule has 0 saturated carbocycles. The van der Waals surface area contributed by atoms with Gasteiger partial charge in [0.1, 0.15) is 5.76 Å². The van der Waals surface area contributed by atoms with E-state index in [2.05, 4.69) is 44.5 Å². The topological polar surface area (TPSA) is 88.5 Å². The lowest BCUT2D eigenvalue weighted by Crippen LogP contribution is -2.53. The molecule has 1 unspecified atom stereocenters. The van der Waals surface area contributed by atoms with Crippen LogP contribution in [0.4, 0.5) is 0 Å². The number of carbonyl (C=O) groups is 1. The lowest BCUT2D eigenvalue weighted by atomic mass is 9.87. The Balaban J connectivity index is 1.10. The van der Waals surface area contributed by atoms with E-state index in [9.17, 15) is 4.79 Å². The minimum atomic E-state index is 0.144. The van der Waals surface area contributed by atoms with E-state index in [1.807, 2.05) is 4.90 Å². The minimum Gasteiger partial charge on any atom is -0.419 e. The monoisotopic (exact) mass is 421 g/mol. The van der Waals surface area contributed by atoms with Crippen molar-refractivity contribution in [3.8, 4) is 11.6 Å². The van der Waals surface area contributed by atoms with E-state index >= 15 is 0 Å². The van der Waals surface area contributed by atoms with Crippen LogP contribution in [0.2, 0.25) is 0 Å². The normalized spacial score (nSPS) is 19.4. The first kappa shape index (κ1) is 19.9. The van der Waals surface area contributed by atoms with E-state index in [1.54, 1.807) is 13.0 Å². The van der Waals surface area contributed by atoms with Gasteiger partial charge in [0.25, 0.3) is 5.89 Å². The van der Waals surface area contributed by atoms with E-state index in [-0.39, 0.29) is 5.91 Å². The molecule has 3 aromatic rings. The predicted molar refractivity (Wildman–Crippen MR) is 113 cm³/mol. The van der Waals surface area contributed by atoms with Crippen molar-refractivity contribution >= 4 is 5.91 Å². The zero-order chi connectivity index (χ0) is 21.2. The molecular weight excluding hydrogens is 394 g/mol. The van der Waals surface area contributed by atoms with Crippen LogP contribution in [0.3, 0.4) is 0 Å². The predicted octanol–water partition coefficient (Wildman–Crippen LogP) is 2.67. The second kappa shape index (κ2) is 8.63. The van der Waals surface area contributed by atoms with Crippen molar-refractivity contribution < 1.29 is 13.7 Å². The van der Waals surface area contributed by atoms with Gasteiger partial charge in [0.2, 0.25) is 11.8 Å². The van der Waals surface area contributed by atoms with Gasteiger partial charge in [-0.25, -0.2) is 0 Å². The molecule has 3 heterocycles. The zero-order valence-electron chi connectivity index (χ0n) is 17.8. The van der Waals surface area contributed by atoms with Crippen LogP contribution in [0.5, 0.6) is 0 Å². The molecule has 1 aromatic carbocycles. The van der Waals surface area contributed by atoms with Crippen molar-refractivity contribution in [2.24, 2.45) is 0 Å². The van der Waals surface area contributed by atoms with E-state index in [0.717, 1.165) is 39.0 Å². The summed E-state index contributed by atoms with van der Waals surface area (Å²) < 4.78 is 10.7. The summed E-state index contributed by atoms with van der Waals surface area (Å²) in [7, 11) is 0. The Morgan fingerprint density at radius 1 is 1.13 bits per heavy atom. The minimum absolute atomic E-state index is 0.144. The third-order valence-electron chi connectivity index (χ3n) is 6.37. The molecule has 0 bridgehead atoms. The molecule has 8 heteroatoms. The second-order valence-electron chi connectivity index (χ2n) is 8.41. The molecule has 1 atom stereocenters. The van der Waals surface area contributed by atoms with Crippen molar-refractivity contribution in [2.45, 2.75) is 45.1 Å². The molecular formula is C23H27N5O3. The lowest BCUT2D eigenvalue weighted by molar-refractivity contribution is -0.133. The highest BCUT2D eigenvalue weighted by Gasteiger charge is 2.28. The van der Waals surface area contributed by atoms with Gasteiger partial charge in [-0.15, -0.1) is 10.2 Å². The number of aromatic nitrogens is 3. The number of piperazine rings is 1. The maximum absolute atomic E-state index is 12.7. The molecule has 1 aliphatic heterocycles. The fourth-order valence-electron chi connectivity index (χ4n) is 4.62. The summed E-state index contributed by atoms with van der Waals surface area (Å²) in [5.41, 5.74) is 3.50. The van der Waals surface area contributed by atoms with Crippen molar-refractivity contribution in [3.63, 3.8) is 0 Å². The third kappa shape index (κ3) is 4.39. The smallest absolute Gasteiger partial charge is 0.269 e. The number of fused-ring (bicyclic) bond motifs is 1. The number of hydrogen-bond donors (Lipinski definition) is 0. The Morgan fingerprint density at radius 2 is 1.94 bits per heavy atom. The molecule has 0 radical (unpaired) electrons. The largest absolute Gasteiger partial charge is 0.419 e. The van der Waals surface area contributed by atoms with Gasteiger partial charge >= 0.3 is 0 Å². The van der Waals surface area contributed by atoms with Gasteiger partial charge in [0.15, 0.2) is 5.69 Å². The SMILES string of the molecule is Cc1cc(-c2nnc(CCC(=O)N3CCN(C4CCc5ccccc5C4)CC3)o2)no1. The number of benzene rings is 1. The number of amides is 1. The Hall–Kier alpha value is -3.00. The number of carbonyl (C=O) groups excluding carboxylic acids is 1. The highest BCUT2D eigenvalue weighted by Crippen LogP contribution is 2.25. The van der Waals surface area contributed by atoms with Crippen molar-refractivity contribution in [2.75, 3.05) is 26.2 Å². The summed E-state index contributed by atoms with van der Waals surface area (Å²) in [6.45, 7) is 5.25. The summed E-state index contributed by atoms with van der Waals surface area (Å²) in [5.74, 6) is 1.60. The Labute approximate surface area is 181 Å². The first-order chi connectivity index (χ1) is 15.2. The van der Waals surface area contributed by atoms with Gasteiger partial charge in [-0.05, 0) is 37.3 Å². The molecule has 1 amide bonds. The van der Waals surface area contributed by atoms with Crippen LogP contribution < -0.4 is 0 Å². The summed E-state index contributed by atoms with van der Waals surface area (Å²) in [5, 5.41) is 11.9. The molecule has 1 aliphatic carbocycles. The van der Waals surface area contributed by atoms with Gasteiger partial charge in [0, 0.05) is 51.1 Å². The van der Waals surface area contributed by atoms with Gasteiger partial charge in [-0.1, -0.05) is 29.4 Å². The standard InChI is InChI=1S/C23H27N5O3/c1-16-14-20(26-31-16)23-25-24-21(30-23)8-9-22(29)28-12-10-27(11-13-28)19-7-6-17-4-2-3-5-18(17)15-19/h2-5,14,19H,6-13,15H2,1H3. The molecule has 5 rings (SSSR count). The summed E-state index contributed by atoms with van der Waals surface area (Å²) in [6.07, 6.45) is 4.28. The van der Waals surface area contributed by atoms with E-state index in [0.29, 0.717) is 42.1 Å². The van der Waals surface area contributed by atoms with Crippen LogP contribution in [0, 0.1) is 6.92 Å². The first-order valence-electron chi connectivity index (χ1n) is 11.0. The van der Waals surface area contributed by atoms with E-state index < -0.39 is 0 Å². The molecule has 8 nitrogen and oxygen atoms in total. The van der Waals surface area contributed by atoms with Crippen molar-refractivity contribution in [1.29, 1.82) is 0 Å². The van der Waals surface area contributed by atoms with Gasteiger partial charge in [-0.3, -0.25) is 9.69 Å². The Morgan fingerprint density at radius 3 is 2.71 bits per heavy atom. The molecule has 2 aromatic heterocycles. The summed E-state index contributed by atoms with van der Waals surface area (Å²) in [6, 6.07) is 11.1. The number of hydrogen-bond acceptors (Lipinski definition) is 7. The fraction of sp³-hybridized carbons (Fsp3) is 0.478. The van der Waals surface area contributed by atoms with Crippen LogP contribution in [0.25, 0.3) is 11.6 Å². The molecule has 31 heavy (non-hydrogen) atoms. The number of nitrogens with zero attached hydrogens (tertiary/aromatic N) is 5. The molecule has 2 aliphatic rings. The molecule has 0 spiro atoms. The number of aryl methyl sites for hydroxylation is 3. The van der Waals surface area contributed by atoms with Gasteiger partial charge in [-0.2, -0.15) is 0 Å². The molecule has 1 saturated heterocycles. The highest BCUT2D eigenvalue weighted by molar-refractivity contribution is 5.76.